The van der Waals surface area contributed by atoms with Crippen LogP contribution in [0.25, 0.3) is 0 Å². The van der Waals surface area contributed by atoms with Crippen LogP contribution < -0.4 is 0 Å². The van der Waals surface area contributed by atoms with Crippen molar-refractivity contribution in [3.05, 3.63) is 0 Å². The highest BCUT2D eigenvalue weighted by atomic mass is 16.8. The summed E-state index contributed by atoms with van der Waals surface area (Å²) in [6.07, 6.45) is 8.69. The van der Waals surface area contributed by atoms with Crippen LogP contribution in [-0.4, -0.2) is 49.1 Å². The Hall–Kier alpha value is -1.13. The van der Waals surface area contributed by atoms with Crippen molar-refractivity contribution in [1.29, 1.82) is 0 Å². The summed E-state index contributed by atoms with van der Waals surface area (Å²) < 4.78 is 27.2. The lowest BCUT2D eigenvalue weighted by atomic mass is 9.71. The van der Waals surface area contributed by atoms with Crippen LogP contribution in [-0.2, 0) is 28.5 Å². The summed E-state index contributed by atoms with van der Waals surface area (Å²) in [7, 11) is 1.42. The number of hydrogen-bond acceptors (Lipinski definition) is 6. The highest BCUT2D eigenvalue weighted by molar-refractivity contribution is 5.73. The minimum Gasteiger partial charge on any atom is -0.469 e. The lowest BCUT2D eigenvalue weighted by Gasteiger charge is -2.42. The number of terminal acetylenes is 1. The number of ether oxygens (including phenoxy) is 5. The molecular formula is C22H38O6. The number of carbonyl (C=O) groups is 1. The van der Waals surface area contributed by atoms with Crippen molar-refractivity contribution in [2.75, 3.05) is 20.3 Å². The second-order valence-corrected chi connectivity index (χ2v) is 8.85. The van der Waals surface area contributed by atoms with Crippen molar-refractivity contribution in [2.45, 2.75) is 91.0 Å². The van der Waals surface area contributed by atoms with Crippen molar-refractivity contribution < 1.29 is 28.5 Å². The molecule has 162 valence electrons. The Balaban J connectivity index is 0.000000264. The van der Waals surface area contributed by atoms with Gasteiger partial charge in [-0.3, -0.25) is 4.79 Å². The van der Waals surface area contributed by atoms with E-state index in [0.29, 0.717) is 19.1 Å². The van der Waals surface area contributed by atoms with E-state index in [0.717, 1.165) is 25.7 Å². The summed E-state index contributed by atoms with van der Waals surface area (Å²) in [6, 6.07) is 0. The monoisotopic (exact) mass is 398 g/mol. The maximum Gasteiger partial charge on any atom is 0.308 e. The standard InChI is InChI=1S/C10H16O4.C10H14O2.2CH4/c1-9(2)13-6-10(14-9)4-7(5-10)8(11)12-3;1-4-8-5-10(6-8)7-11-9(2,3)12-10;;/h7H,4-6H2,1-3H3;1,8H,5-7H2,2-3H3;2*1H4. The average molecular weight is 399 g/mol. The van der Waals surface area contributed by atoms with E-state index in [1.165, 1.54) is 7.11 Å². The number of methoxy groups -OCH3 is 1. The quantitative estimate of drug-likeness (QED) is 0.493. The molecule has 0 aromatic carbocycles. The highest BCUT2D eigenvalue weighted by Crippen LogP contribution is 2.49. The SMILES string of the molecule is C.C.C#CC1CC2(COC(C)(C)O2)C1.COC(=O)C1CC2(COC(C)(C)O2)C1. The fourth-order valence-electron chi connectivity index (χ4n) is 4.30. The van der Waals surface area contributed by atoms with E-state index in [4.69, 9.17) is 25.4 Å². The number of hydrogen-bond donors (Lipinski definition) is 0. The largest absolute Gasteiger partial charge is 0.469 e. The van der Waals surface area contributed by atoms with Gasteiger partial charge in [0.25, 0.3) is 0 Å². The minimum absolute atomic E-state index is 0. The van der Waals surface area contributed by atoms with E-state index in [-0.39, 0.29) is 37.9 Å². The Bertz CT molecular complexity index is 591. The molecule has 2 spiro atoms. The van der Waals surface area contributed by atoms with Crippen LogP contribution in [0.2, 0.25) is 0 Å². The fraction of sp³-hybridized carbons (Fsp3) is 0.864. The van der Waals surface area contributed by atoms with Gasteiger partial charge in [-0.2, -0.15) is 0 Å². The summed E-state index contributed by atoms with van der Waals surface area (Å²) in [5, 5.41) is 0. The van der Waals surface area contributed by atoms with Gasteiger partial charge in [-0.05, 0) is 53.4 Å². The molecule has 2 saturated heterocycles. The molecule has 28 heavy (non-hydrogen) atoms. The average Bonchev–Trinajstić information content (AvgIpc) is 3.00. The lowest BCUT2D eigenvalue weighted by molar-refractivity contribution is -0.196. The number of rotatable bonds is 1. The van der Waals surface area contributed by atoms with Crippen LogP contribution in [0.1, 0.15) is 68.2 Å². The van der Waals surface area contributed by atoms with Crippen LogP contribution in [0.5, 0.6) is 0 Å². The van der Waals surface area contributed by atoms with Gasteiger partial charge in [0.1, 0.15) is 0 Å². The van der Waals surface area contributed by atoms with Crippen molar-refractivity contribution in [1.82, 2.24) is 0 Å². The zero-order valence-electron chi connectivity index (χ0n) is 16.4. The Morgan fingerprint density at radius 2 is 1.36 bits per heavy atom. The van der Waals surface area contributed by atoms with Gasteiger partial charge in [-0.25, -0.2) is 0 Å². The summed E-state index contributed by atoms with van der Waals surface area (Å²) >= 11 is 0. The van der Waals surface area contributed by atoms with Gasteiger partial charge in [0.15, 0.2) is 11.6 Å². The molecule has 6 nitrogen and oxygen atoms in total. The first kappa shape index (κ1) is 24.9. The molecule has 0 aromatic heterocycles. The molecular weight excluding hydrogens is 360 g/mol. The minimum atomic E-state index is -0.499. The van der Waals surface area contributed by atoms with E-state index in [9.17, 15) is 4.79 Å². The van der Waals surface area contributed by atoms with Gasteiger partial charge in [0.2, 0.25) is 0 Å². The van der Waals surface area contributed by atoms with E-state index < -0.39 is 11.6 Å². The molecule has 6 heteroatoms. The normalized spacial score (nSPS) is 38.6. The zero-order valence-corrected chi connectivity index (χ0v) is 16.4. The van der Waals surface area contributed by atoms with Crippen LogP contribution in [0.15, 0.2) is 0 Å². The molecule has 4 fully saturated rings. The molecule has 0 N–H and O–H groups in total. The Kier molecular flexibility index (Phi) is 7.40. The Morgan fingerprint density at radius 1 is 0.929 bits per heavy atom. The van der Waals surface area contributed by atoms with E-state index >= 15 is 0 Å². The number of carbonyl (C=O) groups excluding carboxylic acids is 1. The predicted octanol–water partition coefficient (Wildman–Crippen LogP) is 3.91. The topological polar surface area (TPSA) is 63.2 Å². The first-order valence-electron chi connectivity index (χ1n) is 9.24. The molecule has 2 aliphatic heterocycles. The Labute approximate surface area is 170 Å². The molecule has 0 atom stereocenters. The van der Waals surface area contributed by atoms with Gasteiger partial charge < -0.3 is 23.7 Å². The fourth-order valence-corrected chi connectivity index (χ4v) is 4.30. The lowest BCUT2D eigenvalue weighted by Crippen LogP contribution is -2.50. The van der Waals surface area contributed by atoms with E-state index in [1.807, 2.05) is 27.7 Å². The van der Waals surface area contributed by atoms with E-state index in [1.54, 1.807) is 0 Å². The summed E-state index contributed by atoms with van der Waals surface area (Å²) in [5.74, 6) is 2.11. The molecule has 2 saturated carbocycles. The molecule has 2 aliphatic carbocycles. The van der Waals surface area contributed by atoms with E-state index in [2.05, 4.69) is 10.7 Å². The third-order valence-electron chi connectivity index (χ3n) is 5.53. The van der Waals surface area contributed by atoms with Crippen molar-refractivity contribution in [3.63, 3.8) is 0 Å². The van der Waals surface area contributed by atoms with Crippen molar-refractivity contribution in [3.8, 4) is 12.3 Å². The Morgan fingerprint density at radius 3 is 1.68 bits per heavy atom. The first-order valence-corrected chi connectivity index (χ1v) is 9.24. The first-order chi connectivity index (χ1) is 12.0. The number of esters is 1. The predicted molar refractivity (Wildman–Crippen MR) is 107 cm³/mol. The third-order valence-corrected chi connectivity index (χ3v) is 5.53. The maximum atomic E-state index is 11.2. The molecule has 0 radical (unpaired) electrons. The molecule has 0 bridgehead atoms. The molecule has 4 rings (SSSR count). The zero-order chi connectivity index (χ0) is 19.2. The van der Waals surface area contributed by atoms with Crippen LogP contribution >= 0.6 is 0 Å². The van der Waals surface area contributed by atoms with Gasteiger partial charge in [0, 0.05) is 5.92 Å². The van der Waals surface area contributed by atoms with Crippen LogP contribution in [0.3, 0.4) is 0 Å². The van der Waals surface area contributed by atoms with Gasteiger partial charge in [-0.1, -0.05) is 14.9 Å². The molecule has 0 unspecified atom stereocenters. The van der Waals surface area contributed by atoms with Crippen LogP contribution in [0.4, 0.5) is 0 Å². The van der Waals surface area contributed by atoms with Gasteiger partial charge in [0.05, 0.1) is 37.4 Å². The van der Waals surface area contributed by atoms with Crippen LogP contribution in [0, 0.1) is 24.2 Å². The highest BCUT2D eigenvalue weighted by Gasteiger charge is 2.56. The maximum absolute atomic E-state index is 11.2. The second-order valence-electron chi connectivity index (χ2n) is 8.85. The van der Waals surface area contributed by atoms with Crippen molar-refractivity contribution >= 4 is 5.97 Å². The smallest absolute Gasteiger partial charge is 0.308 e. The molecule has 2 heterocycles. The molecule has 0 aromatic rings. The van der Waals surface area contributed by atoms with Crippen molar-refractivity contribution in [2.24, 2.45) is 11.8 Å². The molecule has 0 amide bonds. The second kappa shape index (κ2) is 8.31. The third kappa shape index (κ3) is 5.07. The summed E-state index contributed by atoms with van der Waals surface area (Å²) in [6.45, 7) is 8.99. The van der Waals surface area contributed by atoms with Gasteiger partial charge in [-0.15, -0.1) is 12.3 Å². The molecule has 4 aliphatic rings. The van der Waals surface area contributed by atoms with Gasteiger partial charge >= 0.3 is 5.97 Å². The summed E-state index contributed by atoms with van der Waals surface area (Å²) in [5.41, 5.74) is -0.261. The summed E-state index contributed by atoms with van der Waals surface area (Å²) in [4.78, 5) is 11.2.